The Morgan fingerprint density at radius 1 is 1.15 bits per heavy atom. The molecule has 3 heterocycles. The lowest BCUT2D eigenvalue weighted by atomic mass is 9.89. The minimum atomic E-state index is -0.0121. The van der Waals surface area contributed by atoms with Crippen molar-refractivity contribution in [2.45, 2.75) is 59.3 Å². The molecule has 1 aromatic carbocycles. The van der Waals surface area contributed by atoms with Crippen molar-refractivity contribution in [2.75, 3.05) is 36.4 Å². The number of nitrogens with one attached hydrogen (secondary N) is 1. The molecule has 2 aromatic heterocycles. The summed E-state index contributed by atoms with van der Waals surface area (Å²) in [6, 6.07) is 8.04. The molecular weight excluding hydrogens is 442 g/mol. The zero-order valence-corrected chi connectivity index (χ0v) is 21.4. The van der Waals surface area contributed by atoms with Gasteiger partial charge < -0.3 is 15.1 Å². The second kappa shape index (κ2) is 9.90. The first kappa shape index (κ1) is 23.1. The fourth-order valence-electron chi connectivity index (χ4n) is 5.20. The van der Waals surface area contributed by atoms with Gasteiger partial charge in [-0.1, -0.05) is 39.0 Å². The predicted octanol–water partition coefficient (Wildman–Crippen LogP) is 5.69. The summed E-state index contributed by atoms with van der Waals surface area (Å²) in [4.78, 5) is 30.0. The Kier molecular flexibility index (Phi) is 6.73. The van der Waals surface area contributed by atoms with Crippen LogP contribution in [-0.4, -0.2) is 47.1 Å². The lowest BCUT2D eigenvalue weighted by Crippen LogP contribution is -2.50. The van der Waals surface area contributed by atoms with Gasteiger partial charge in [0.05, 0.1) is 5.39 Å². The number of hydrogen-bond donors (Lipinski definition) is 1. The van der Waals surface area contributed by atoms with E-state index in [-0.39, 0.29) is 6.03 Å². The third kappa shape index (κ3) is 4.50. The average Bonchev–Trinajstić information content (AvgIpc) is 3.21. The van der Waals surface area contributed by atoms with Crippen LogP contribution in [0.3, 0.4) is 0 Å². The number of amides is 2. The SMILES string of the molecule is CCCc1nc(N2CCN(C(=O)Nc3ccccc3CC)CC2)c2c3c(sc2n1)C[C@H](C)CC3. The maximum absolute atomic E-state index is 13.0. The van der Waals surface area contributed by atoms with Crippen LogP contribution < -0.4 is 10.2 Å². The number of urea groups is 1. The Balaban J connectivity index is 1.36. The fourth-order valence-corrected chi connectivity index (χ4v) is 6.59. The number of hydrogen-bond acceptors (Lipinski definition) is 5. The zero-order valence-electron chi connectivity index (χ0n) is 20.6. The van der Waals surface area contributed by atoms with Crippen molar-refractivity contribution in [2.24, 2.45) is 5.92 Å². The van der Waals surface area contributed by atoms with E-state index in [4.69, 9.17) is 9.97 Å². The number of carbonyl (C=O) groups is 1. The molecule has 1 N–H and O–H groups in total. The molecule has 1 aliphatic carbocycles. The summed E-state index contributed by atoms with van der Waals surface area (Å²) in [7, 11) is 0. The van der Waals surface area contributed by atoms with E-state index in [2.05, 4.69) is 37.1 Å². The minimum Gasteiger partial charge on any atom is -0.352 e. The molecule has 0 unspecified atom stereocenters. The van der Waals surface area contributed by atoms with Crippen LogP contribution in [0.5, 0.6) is 0 Å². The van der Waals surface area contributed by atoms with E-state index in [1.807, 2.05) is 34.4 Å². The van der Waals surface area contributed by atoms with E-state index in [1.165, 1.54) is 22.2 Å². The molecule has 2 aliphatic rings. The molecule has 0 spiro atoms. The number of aryl methyl sites for hydroxylation is 3. The van der Waals surface area contributed by atoms with Gasteiger partial charge in [0.1, 0.15) is 16.5 Å². The van der Waals surface area contributed by atoms with Crippen LogP contribution in [0.25, 0.3) is 10.2 Å². The number of carbonyl (C=O) groups excluding carboxylic acids is 1. The fraction of sp³-hybridized carbons (Fsp3) is 0.519. The van der Waals surface area contributed by atoms with Crippen molar-refractivity contribution in [3.8, 4) is 0 Å². The maximum atomic E-state index is 13.0. The molecule has 0 radical (unpaired) electrons. The Hall–Kier alpha value is -2.67. The minimum absolute atomic E-state index is 0.0121. The molecule has 7 heteroatoms. The number of anilines is 2. The summed E-state index contributed by atoms with van der Waals surface area (Å²) >= 11 is 1.88. The summed E-state index contributed by atoms with van der Waals surface area (Å²) in [5.74, 6) is 2.79. The van der Waals surface area contributed by atoms with Gasteiger partial charge in [-0.25, -0.2) is 14.8 Å². The van der Waals surface area contributed by atoms with E-state index < -0.39 is 0 Å². The van der Waals surface area contributed by atoms with Crippen molar-refractivity contribution in [1.82, 2.24) is 14.9 Å². The number of piperazine rings is 1. The monoisotopic (exact) mass is 477 g/mol. The van der Waals surface area contributed by atoms with Gasteiger partial charge in [-0.2, -0.15) is 0 Å². The van der Waals surface area contributed by atoms with E-state index in [0.717, 1.165) is 78.8 Å². The Labute approximate surface area is 206 Å². The number of benzene rings is 1. The lowest BCUT2D eigenvalue weighted by molar-refractivity contribution is 0.208. The summed E-state index contributed by atoms with van der Waals surface area (Å²) < 4.78 is 0. The summed E-state index contributed by atoms with van der Waals surface area (Å²) in [5.41, 5.74) is 3.56. The second-order valence-corrected chi connectivity index (χ2v) is 10.7. The van der Waals surface area contributed by atoms with Crippen LogP contribution in [0.15, 0.2) is 24.3 Å². The average molecular weight is 478 g/mol. The van der Waals surface area contributed by atoms with Crippen LogP contribution in [-0.2, 0) is 25.7 Å². The first-order valence-corrected chi connectivity index (χ1v) is 13.6. The second-order valence-electron chi connectivity index (χ2n) is 9.66. The van der Waals surface area contributed by atoms with Gasteiger partial charge in [-0.3, -0.25) is 0 Å². The molecule has 0 saturated carbocycles. The van der Waals surface area contributed by atoms with E-state index >= 15 is 0 Å². The van der Waals surface area contributed by atoms with Crippen molar-refractivity contribution >= 4 is 39.1 Å². The third-order valence-corrected chi connectivity index (χ3v) is 8.31. The normalized spacial score (nSPS) is 18.3. The standard InChI is InChI=1S/C27H35N5OS/c1-4-8-23-29-25(24-20-12-11-18(3)17-22(20)34-26(24)30-23)31-13-15-32(16-14-31)27(33)28-21-10-7-6-9-19(21)5-2/h6-7,9-10,18H,4-5,8,11-17H2,1-3H3,(H,28,33)/t18-/m1/s1. The van der Waals surface area contributed by atoms with Gasteiger partial charge in [0, 0.05) is 43.2 Å². The van der Waals surface area contributed by atoms with Gasteiger partial charge in [0.15, 0.2) is 0 Å². The number of nitrogens with zero attached hydrogens (tertiary/aromatic N) is 4. The first-order chi connectivity index (χ1) is 16.6. The van der Waals surface area contributed by atoms with Gasteiger partial charge >= 0.3 is 6.03 Å². The smallest absolute Gasteiger partial charge is 0.321 e. The van der Waals surface area contributed by atoms with Gasteiger partial charge in [0.2, 0.25) is 0 Å². The Bertz CT molecular complexity index is 1180. The first-order valence-electron chi connectivity index (χ1n) is 12.8. The molecule has 1 saturated heterocycles. The maximum Gasteiger partial charge on any atom is 0.321 e. The predicted molar refractivity (Wildman–Crippen MR) is 141 cm³/mol. The molecule has 1 aliphatic heterocycles. The lowest BCUT2D eigenvalue weighted by Gasteiger charge is -2.36. The molecule has 2 amide bonds. The third-order valence-electron chi connectivity index (χ3n) is 7.16. The van der Waals surface area contributed by atoms with Crippen molar-refractivity contribution in [1.29, 1.82) is 0 Å². The quantitative estimate of drug-likeness (QED) is 0.513. The molecule has 3 aromatic rings. The summed E-state index contributed by atoms with van der Waals surface area (Å²) in [5, 5.41) is 4.41. The van der Waals surface area contributed by atoms with Gasteiger partial charge in [-0.15, -0.1) is 11.3 Å². The zero-order chi connectivity index (χ0) is 23.7. The van der Waals surface area contributed by atoms with E-state index in [1.54, 1.807) is 0 Å². The molecule has 34 heavy (non-hydrogen) atoms. The molecule has 0 bridgehead atoms. The van der Waals surface area contributed by atoms with Crippen molar-refractivity contribution in [3.63, 3.8) is 0 Å². The van der Waals surface area contributed by atoms with Crippen molar-refractivity contribution in [3.05, 3.63) is 46.1 Å². The molecule has 1 fully saturated rings. The number of thiophene rings is 1. The van der Waals surface area contributed by atoms with Crippen LogP contribution in [0.1, 0.15) is 55.4 Å². The Morgan fingerprint density at radius 3 is 2.71 bits per heavy atom. The molecule has 6 nitrogen and oxygen atoms in total. The summed E-state index contributed by atoms with van der Waals surface area (Å²) in [6.45, 7) is 9.62. The highest BCUT2D eigenvalue weighted by molar-refractivity contribution is 7.19. The highest BCUT2D eigenvalue weighted by Crippen LogP contribution is 2.41. The molecule has 1 atom stereocenters. The summed E-state index contributed by atoms with van der Waals surface area (Å²) in [6.07, 6.45) is 6.37. The molecule has 5 rings (SSSR count). The van der Waals surface area contributed by atoms with E-state index in [0.29, 0.717) is 13.1 Å². The van der Waals surface area contributed by atoms with Crippen LogP contribution in [0.4, 0.5) is 16.3 Å². The van der Waals surface area contributed by atoms with E-state index in [9.17, 15) is 4.79 Å². The highest BCUT2D eigenvalue weighted by Gasteiger charge is 2.28. The highest BCUT2D eigenvalue weighted by atomic mass is 32.1. The van der Waals surface area contributed by atoms with Crippen LogP contribution >= 0.6 is 11.3 Å². The van der Waals surface area contributed by atoms with Crippen LogP contribution in [0, 0.1) is 5.92 Å². The number of fused-ring (bicyclic) bond motifs is 3. The van der Waals surface area contributed by atoms with Crippen molar-refractivity contribution < 1.29 is 4.79 Å². The van der Waals surface area contributed by atoms with Gasteiger partial charge in [0.25, 0.3) is 0 Å². The van der Waals surface area contributed by atoms with Gasteiger partial charge in [-0.05, 0) is 55.2 Å². The topological polar surface area (TPSA) is 61.4 Å². The largest absolute Gasteiger partial charge is 0.352 e. The van der Waals surface area contributed by atoms with Crippen LogP contribution in [0.2, 0.25) is 0 Å². The number of para-hydroxylation sites is 1. The number of rotatable bonds is 5. The molecule has 180 valence electrons. The number of aromatic nitrogens is 2. The molecular formula is C27H35N5OS. The Morgan fingerprint density at radius 2 is 1.94 bits per heavy atom.